The average Bonchev–Trinajstić information content (AvgIpc) is 2.48. The molecule has 1 unspecified atom stereocenters. The maximum Gasteiger partial charge on any atom is 0.174 e. The molecule has 0 spiro atoms. The van der Waals surface area contributed by atoms with E-state index in [0.717, 1.165) is 11.4 Å². The second kappa shape index (κ2) is 6.78. The molecule has 7 heteroatoms. The lowest BCUT2D eigenvalue weighted by atomic mass is 10.3. The normalized spacial score (nSPS) is 19.6. The molecule has 0 aromatic heterocycles. The largest absolute Gasteiger partial charge is 0.333 e. The van der Waals surface area contributed by atoms with E-state index in [9.17, 15) is 8.42 Å². The van der Waals surface area contributed by atoms with Crippen LogP contribution in [0.25, 0.3) is 0 Å². The van der Waals surface area contributed by atoms with Crippen LogP contribution in [0, 0.1) is 0 Å². The molecule has 1 aromatic carbocycles. The van der Waals surface area contributed by atoms with E-state index in [4.69, 9.17) is 12.2 Å². The van der Waals surface area contributed by atoms with Crippen LogP contribution in [0.1, 0.15) is 6.92 Å². The number of hydrogen-bond acceptors (Lipinski definition) is 4. The average molecular weight is 330 g/mol. The van der Waals surface area contributed by atoms with Crippen LogP contribution < -0.4 is 5.32 Å². The van der Waals surface area contributed by atoms with Gasteiger partial charge in [-0.3, -0.25) is 0 Å². The summed E-state index contributed by atoms with van der Waals surface area (Å²) in [6.45, 7) is 2.34. The first-order chi connectivity index (χ1) is 9.54. The van der Waals surface area contributed by atoms with E-state index < -0.39 is 15.2 Å². The fraction of sp³-hybridized carbons (Fsp3) is 0.462. The Bertz CT molecular complexity index is 560. The van der Waals surface area contributed by atoms with E-state index in [2.05, 4.69) is 5.32 Å². The monoisotopic (exact) mass is 330 g/mol. The van der Waals surface area contributed by atoms with Gasteiger partial charge in [-0.2, -0.15) is 11.8 Å². The first-order valence-electron chi connectivity index (χ1n) is 6.46. The Labute approximate surface area is 129 Å². The minimum atomic E-state index is -3.13. The van der Waals surface area contributed by atoms with Gasteiger partial charge in [0, 0.05) is 29.5 Å². The molecule has 1 aromatic rings. The van der Waals surface area contributed by atoms with Crippen LogP contribution in [0.4, 0.5) is 5.69 Å². The van der Waals surface area contributed by atoms with Crippen molar-refractivity contribution in [2.75, 3.05) is 29.1 Å². The molecule has 0 aliphatic carbocycles. The minimum absolute atomic E-state index is 0.142. The fourth-order valence-electron chi connectivity index (χ4n) is 2.02. The van der Waals surface area contributed by atoms with Crippen LogP contribution in [0.5, 0.6) is 0 Å². The summed E-state index contributed by atoms with van der Waals surface area (Å²) >= 11 is 7.06. The molecule has 20 heavy (non-hydrogen) atoms. The van der Waals surface area contributed by atoms with Gasteiger partial charge in [0.25, 0.3) is 0 Å². The van der Waals surface area contributed by atoms with Gasteiger partial charge in [-0.15, -0.1) is 0 Å². The van der Waals surface area contributed by atoms with Gasteiger partial charge in [0.2, 0.25) is 0 Å². The molecular formula is C13H18N2O2S3. The molecule has 1 fully saturated rings. The van der Waals surface area contributed by atoms with Crippen molar-refractivity contribution in [3.8, 4) is 0 Å². The van der Waals surface area contributed by atoms with Crippen molar-refractivity contribution in [3.63, 3.8) is 0 Å². The Morgan fingerprint density at radius 2 is 2.15 bits per heavy atom. The number of thiocarbonyl (C=S) groups is 1. The van der Waals surface area contributed by atoms with E-state index in [1.165, 1.54) is 0 Å². The molecule has 1 atom stereocenters. The van der Waals surface area contributed by atoms with Crippen LogP contribution >= 0.6 is 24.0 Å². The Morgan fingerprint density at radius 3 is 2.80 bits per heavy atom. The lowest BCUT2D eigenvalue weighted by molar-refractivity contribution is 0.415. The molecule has 1 saturated heterocycles. The van der Waals surface area contributed by atoms with E-state index >= 15 is 0 Å². The number of thioether (sulfide) groups is 1. The molecule has 110 valence electrons. The number of rotatable bonds is 3. The minimum Gasteiger partial charge on any atom is -0.333 e. The molecule has 0 amide bonds. The summed E-state index contributed by atoms with van der Waals surface area (Å²) in [5, 5.41) is 3.09. The SMILES string of the molecule is CCS(=O)(=O)C1CSCCN1C(=S)Nc1ccccc1. The highest BCUT2D eigenvalue weighted by atomic mass is 32.2. The molecule has 0 bridgehead atoms. The van der Waals surface area contributed by atoms with Gasteiger partial charge >= 0.3 is 0 Å². The van der Waals surface area contributed by atoms with Gasteiger partial charge in [0.1, 0.15) is 5.37 Å². The van der Waals surface area contributed by atoms with Gasteiger partial charge in [-0.25, -0.2) is 8.42 Å². The zero-order chi connectivity index (χ0) is 14.6. The summed E-state index contributed by atoms with van der Waals surface area (Å²) in [6, 6.07) is 9.58. The summed E-state index contributed by atoms with van der Waals surface area (Å²) in [4.78, 5) is 1.80. The first-order valence-corrected chi connectivity index (χ1v) is 9.74. The number of benzene rings is 1. The van der Waals surface area contributed by atoms with E-state index in [0.29, 0.717) is 17.4 Å². The maximum absolute atomic E-state index is 12.2. The van der Waals surface area contributed by atoms with Crippen LogP contribution in [-0.2, 0) is 9.84 Å². The van der Waals surface area contributed by atoms with Crippen molar-refractivity contribution < 1.29 is 8.42 Å². The second-order valence-electron chi connectivity index (χ2n) is 4.47. The van der Waals surface area contributed by atoms with Crippen LogP contribution in [0.3, 0.4) is 0 Å². The molecule has 0 radical (unpaired) electrons. The second-order valence-corrected chi connectivity index (χ2v) is 8.45. The summed E-state index contributed by atoms with van der Waals surface area (Å²) in [7, 11) is -3.13. The predicted molar refractivity (Wildman–Crippen MR) is 89.9 cm³/mol. The third-order valence-electron chi connectivity index (χ3n) is 3.19. The predicted octanol–water partition coefficient (Wildman–Crippen LogP) is 2.19. The zero-order valence-corrected chi connectivity index (χ0v) is 13.7. The van der Waals surface area contributed by atoms with Crippen LogP contribution in [0.15, 0.2) is 30.3 Å². The third kappa shape index (κ3) is 3.65. The molecule has 1 N–H and O–H groups in total. The van der Waals surface area contributed by atoms with Gasteiger partial charge in [0.05, 0.1) is 0 Å². The number of nitrogens with one attached hydrogen (secondary N) is 1. The van der Waals surface area contributed by atoms with Crippen molar-refractivity contribution in [1.82, 2.24) is 4.90 Å². The molecule has 2 rings (SSSR count). The quantitative estimate of drug-likeness (QED) is 0.858. The van der Waals surface area contributed by atoms with Gasteiger partial charge in [-0.05, 0) is 24.4 Å². The number of para-hydroxylation sites is 1. The Morgan fingerprint density at radius 1 is 1.45 bits per heavy atom. The Balaban J connectivity index is 2.14. The Kier molecular flexibility index (Phi) is 5.29. The van der Waals surface area contributed by atoms with E-state index in [-0.39, 0.29) is 5.75 Å². The highest BCUT2D eigenvalue weighted by Gasteiger charge is 2.34. The number of sulfone groups is 1. The van der Waals surface area contributed by atoms with Gasteiger partial charge in [0.15, 0.2) is 14.9 Å². The van der Waals surface area contributed by atoms with Gasteiger partial charge in [-0.1, -0.05) is 25.1 Å². The van der Waals surface area contributed by atoms with Crippen molar-refractivity contribution in [2.45, 2.75) is 12.3 Å². The number of hydrogen-bond donors (Lipinski definition) is 1. The highest BCUT2D eigenvalue weighted by Crippen LogP contribution is 2.22. The van der Waals surface area contributed by atoms with E-state index in [1.54, 1.807) is 23.6 Å². The molecule has 0 saturated carbocycles. The summed E-state index contributed by atoms with van der Waals surface area (Å²) in [5.41, 5.74) is 0.878. The maximum atomic E-state index is 12.2. The van der Waals surface area contributed by atoms with Crippen LogP contribution in [-0.4, -0.2) is 47.6 Å². The van der Waals surface area contributed by atoms with Crippen LogP contribution in [0.2, 0.25) is 0 Å². The van der Waals surface area contributed by atoms with Crippen molar-refractivity contribution in [1.29, 1.82) is 0 Å². The summed E-state index contributed by atoms with van der Waals surface area (Å²) < 4.78 is 24.4. The highest BCUT2D eigenvalue weighted by molar-refractivity contribution is 8.01. The van der Waals surface area contributed by atoms with Crippen molar-refractivity contribution in [3.05, 3.63) is 30.3 Å². The van der Waals surface area contributed by atoms with Crippen molar-refractivity contribution in [2.24, 2.45) is 0 Å². The van der Waals surface area contributed by atoms with Gasteiger partial charge < -0.3 is 10.2 Å². The molecule has 1 aliphatic heterocycles. The number of anilines is 1. The molecule has 1 aliphatic rings. The number of nitrogens with zero attached hydrogens (tertiary/aromatic N) is 1. The van der Waals surface area contributed by atoms with Crippen molar-refractivity contribution >= 4 is 44.6 Å². The molecule has 4 nitrogen and oxygen atoms in total. The first kappa shape index (κ1) is 15.6. The topological polar surface area (TPSA) is 49.4 Å². The van der Waals surface area contributed by atoms with E-state index in [1.807, 2.05) is 30.3 Å². The molecule has 1 heterocycles. The lowest BCUT2D eigenvalue weighted by Gasteiger charge is -2.36. The Hall–Kier alpha value is -0.790. The zero-order valence-electron chi connectivity index (χ0n) is 11.3. The fourth-order valence-corrected chi connectivity index (χ4v) is 5.40. The lowest BCUT2D eigenvalue weighted by Crippen LogP contribution is -2.52. The third-order valence-corrected chi connectivity index (χ3v) is 6.81. The summed E-state index contributed by atoms with van der Waals surface area (Å²) in [6.07, 6.45) is 0. The smallest absolute Gasteiger partial charge is 0.174 e. The molecular weight excluding hydrogens is 312 g/mol. The summed E-state index contributed by atoms with van der Waals surface area (Å²) in [5.74, 6) is 1.61. The standard InChI is InChI=1S/C13H18N2O2S3/c1-2-20(16,17)12-10-19-9-8-15(12)13(18)14-11-6-4-3-5-7-11/h3-7,12H,2,8-10H2,1H3,(H,14,18).